The summed E-state index contributed by atoms with van der Waals surface area (Å²) < 4.78 is 0. The molecule has 0 aliphatic rings. The van der Waals surface area contributed by atoms with Crippen LogP contribution in [0.3, 0.4) is 0 Å². The quantitative estimate of drug-likeness (QED) is 0.643. The van der Waals surface area contributed by atoms with Gasteiger partial charge < -0.3 is 5.11 Å². The summed E-state index contributed by atoms with van der Waals surface area (Å²) in [5.74, 6) is 5.45. The summed E-state index contributed by atoms with van der Waals surface area (Å²) in [6.45, 7) is 1.84. The number of aliphatic hydroxyl groups is 1. The lowest BCUT2D eigenvalue weighted by atomic mass is 10.1. The number of hydrogen-bond donors (Lipinski definition) is 1. The highest BCUT2D eigenvalue weighted by Gasteiger charge is 1.85. The van der Waals surface area contributed by atoms with Crippen molar-refractivity contribution in [2.45, 2.75) is 6.92 Å². The molecule has 0 spiro atoms. The van der Waals surface area contributed by atoms with Crippen LogP contribution in [0.2, 0.25) is 0 Å². The molecule has 1 heteroatoms. The molecule has 0 saturated carbocycles. The lowest BCUT2D eigenvalue weighted by Gasteiger charge is -1.91. The molecule has 0 saturated heterocycles. The number of allylic oxidation sites excluding steroid dienone is 1. The van der Waals surface area contributed by atoms with E-state index in [4.69, 9.17) is 5.11 Å². The van der Waals surface area contributed by atoms with Crippen molar-refractivity contribution in [1.29, 1.82) is 0 Å². The molecule has 1 N–H and O–H groups in total. The van der Waals surface area contributed by atoms with Crippen LogP contribution in [-0.4, -0.2) is 11.7 Å². The van der Waals surface area contributed by atoms with Crippen LogP contribution in [0, 0.1) is 11.8 Å². The van der Waals surface area contributed by atoms with Crippen molar-refractivity contribution in [2.24, 2.45) is 0 Å². The molecule has 0 unspecified atom stereocenters. The lowest BCUT2D eigenvalue weighted by molar-refractivity contribution is 0.350. The monoisotopic (exact) mass is 172 g/mol. The van der Waals surface area contributed by atoms with Crippen molar-refractivity contribution in [3.05, 3.63) is 41.5 Å². The Balaban J connectivity index is 2.77. The molecule has 0 radical (unpaired) electrons. The van der Waals surface area contributed by atoms with Crippen LogP contribution in [0.4, 0.5) is 0 Å². The maximum Gasteiger partial charge on any atom is 0.104 e. The fourth-order valence-electron chi connectivity index (χ4n) is 1.01. The average molecular weight is 172 g/mol. The van der Waals surface area contributed by atoms with E-state index in [9.17, 15) is 0 Å². The van der Waals surface area contributed by atoms with E-state index in [0.717, 1.165) is 11.1 Å². The van der Waals surface area contributed by atoms with E-state index in [0.29, 0.717) is 0 Å². The molecule has 0 aromatic heterocycles. The van der Waals surface area contributed by atoms with Gasteiger partial charge in [0.2, 0.25) is 0 Å². The number of benzene rings is 1. The van der Waals surface area contributed by atoms with Gasteiger partial charge >= 0.3 is 0 Å². The first-order valence-electron chi connectivity index (χ1n) is 4.16. The van der Waals surface area contributed by atoms with Crippen LogP contribution in [0.25, 0.3) is 6.08 Å². The van der Waals surface area contributed by atoms with Gasteiger partial charge in [-0.25, -0.2) is 0 Å². The van der Waals surface area contributed by atoms with Gasteiger partial charge in [-0.3, -0.25) is 0 Å². The second-order valence-corrected chi connectivity index (χ2v) is 2.70. The lowest BCUT2D eigenvalue weighted by Crippen LogP contribution is -1.75. The minimum Gasteiger partial charge on any atom is -0.384 e. The van der Waals surface area contributed by atoms with E-state index >= 15 is 0 Å². The maximum absolute atomic E-state index is 8.48. The van der Waals surface area contributed by atoms with E-state index in [1.807, 2.05) is 43.3 Å². The van der Waals surface area contributed by atoms with Crippen molar-refractivity contribution >= 4 is 6.08 Å². The SMILES string of the molecule is CC(C#CCO)=Cc1ccccc1. The standard InChI is InChI=1S/C12H12O/c1-11(6-5-9-13)10-12-7-3-2-4-8-12/h2-4,7-8,10,13H,9H2,1H3. The van der Waals surface area contributed by atoms with Gasteiger partial charge in [0.15, 0.2) is 0 Å². The van der Waals surface area contributed by atoms with Gasteiger partial charge in [0.25, 0.3) is 0 Å². The highest BCUT2D eigenvalue weighted by atomic mass is 16.2. The molecule has 0 atom stereocenters. The summed E-state index contributed by atoms with van der Waals surface area (Å²) in [7, 11) is 0. The van der Waals surface area contributed by atoms with Crippen LogP contribution < -0.4 is 0 Å². The normalized spacial score (nSPS) is 10.5. The molecule has 1 aromatic rings. The van der Waals surface area contributed by atoms with Crippen LogP contribution in [0.15, 0.2) is 35.9 Å². The largest absolute Gasteiger partial charge is 0.384 e. The highest BCUT2D eigenvalue weighted by molar-refractivity contribution is 5.57. The summed E-state index contributed by atoms with van der Waals surface area (Å²) in [6, 6.07) is 9.98. The predicted octanol–water partition coefficient (Wildman–Crippen LogP) is 2.09. The molecule has 0 heterocycles. The molecule has 1 rings (SSSR count). The molecule has 13 heavy (non-hydrogen) atoms. The minimum absolute atomic E-state index is 0.0834. The van der Waals surface area contributed by atoms with Crippen LogP contribution in [0.5, 0.6) is 0 Å². The molecular weight excluding hydrogens is 160 g/mol. The third kappa shape index (κ3) is 3.59. The topological polar surface area (TPSA) is 20.2 Å². The molecule has 0 amide bonds. The molecule has 0 aliphatic heterocycles. The Kier molecular flexibility index (Phi) is 3.81. The zero-order chi connectivity index (χ0) is 9.52. The smallest absolute Gasteiger partial charge is 0.104 e. The van der Waals surface area contributed by atoms with Crippen LogP contribution in [-0.2, 0) is 0 Å². The summed E-state index contributed by atoms with van der Waals surface area (Å²) >= 11 is 0. The second kappa shape index (κ2) is 5.18. The van der Waals surface area contributed by atoms with E-state index < -0.39 is 0 Å². The van der Waals surface area contributed by atoms with Gasteiger partial charge in [-0.2, -0.15) is 0 Å². The second-order valence-electron chi connectivity index (χ2n) is 2.70. The van der Waals surface area contributed by atoms with Crippen molar-refractivity contribution in [2.75, 3.05) is 6.61 Å². The highest BCUT2D eigenvalue weighted by Crippen LogP contribution is 2.04. The van der Waals surface area contributed by atoms with Crippen molar-refractivity contribution in [1.82, 2.24) is 0 Å². The van der Waals surface area contributed by atoms with E-state index in [1.54, 1.807) is 0 Å². The third-order valence-electron chi connectivity index (χ3n) is 1.55. The average Bonchev–Trinajstić information content (AvgIpc) is 2.16. The maximum atomic E-state index is 8.48. The number of hydrogen-bond acceptors (Lipinski definition) is 1. The predicted molar refractivity (Wildman–Crippen MR) is 55.0 cm³/mol. The van der Waals surface area contributed by atoms with E-state index in [2.05, 4.69) is 11.8 Å². The Hall–Kier alpha value is -1.52. The van der Waals surface area contributed by atoms with Crippen LogP contribution >= 0.6 is 0 Å². The Bertz CT molecular complexity index is 338. The minimum atomic E-state index is -0.0834. The van der Waals surface area contributed by atoms with Crippen molar-refractivity contribution in [3.8, 4) is 11.8 Å². The molecule has 66 valence electrons. The number of rotatable bonds is 1. The summed E-state index contributed by atoms with van der Waals surface area (Å²) in [4.78, 5) is 0. The van der Waals surface area contributed by atoms with Gasteiger partial charge in [-0.15, -0.1) is 0 Å². The zero-order valence-electron chi connectivity index (χ0n) is 7.62. The summed E-state index contributed by atoms with van der Waals surface area (Å²) in [5.41, 5.74) is 2.09. The van der Waals surface area contributed by atoms with E-state index in [1.165, 1.54) is 0 Å². The first-order chi connectivity index (χ1) is 6.33. The molecule has 1 nitrogen and oxygen atoms in total. The van der Waals surface area contributed by atoms with Crippen molar-refractivity contribution in [3.63, 3.8) is 0 Å². The Morgan fingerprint density at radius 1 is 1.38 bits per heavy atom. The Morgan fingerprint density at radius 3 is 2.69 bits per heavy atom. The van der Waals surface area contributed by atoms with Crippen molar-refractivity contribution < 1.29 is 5.11 Å². The van der Waals surface area contributed by atoms with Gasteiger partial charge in [0, 0.05) is 0 Å². The molecule has 0 fully saturated rings. The summed E-state index contributed by atoms with van der Waals surface area (Å²) in [5, 5.41) is 8.48. The molecular formula is C12H12O. The number of aliphatic hydroxyl groups excluding tert-OH is 1. The molecule has 0 bridgehead atoms. The van der Waals surface area contributed by atoms with Gasteiger partial charge in [-0.1, -0.05) is 42.2 Å². The fourth-order valence-corrected chi connectivity index (χ4v) is 1.01. The van der Waals surface area contributed by atoms with Gasteiger partial charge in [-0.05, 0) is 24.1 Å². The van der Waals surface area contributed by atoms with E-state index in [-0.39, 0.29) is 6.61 Å². The Labute approximate surface area is 78.7 Å². The molecule has 1 aromatic carbocycles. The van der Waals surface area contributed by atoms with Gasteiger partial charge in [0.1, 0.15) is 6.61 Å². The fraction of sp³-hybridized carbons (Fsp3) is 0.167. The third-order valence-corrected chi connectivity index (χ3v) is 1.55. The van der Waals surface area contributed by atoms with Gasteiger partial charge in [0.05, 0.1) is 0 Å². The first kappa shape index (κ1) is 9.57. The molecule has 0 aliphatic carbocycles. The summed E-state index contributed by atoms with van der Waals surface area (Å²) in [6.07, 6.45) is 1.99. The Morgan fingerprint density at radius 2 is 2.08 bits per heavy atom. The first-order valence-corrected chi connectivity index (χ1v) is 4.16. The van der Waals surface area contributed by atoms with Crippen LogP contribution in [0.1, 0.15) is 12.5 Å². The zero-order valence-corrected chi connectivity index (χ0v) is 7.62.